The molecule has 0 amide bonds. The molecule has 3 aromatic rings. The van der Waals surface area contributed by atoms with Crippen LogP contribution in [0.3, 0.4) is 0 Å². The predicted octanol–water partition coefficient (Wildman–Crippen LogP) is 1.70. The fourth-order valence-electron chi connectivity index (χ4n) is 2.32. The zero-order chi connectivity index (χ0) is 15.7. The summed E-state index contributed by atoms with van der Waals surface area (Å²) in [6, 6.07) is 11.7. The molecule has 2 aromatic carbocycles. The molecule has 3 rings (SSSR count). The second kappa shape index (κ2) is 5.40. The van der Waals surface area contributed by atoms with Gasteiger partial charge < -0.3 is 14.5 Å². The minimum absolute atomic E-state index is 0.383. The maximum absolute atomic E-state index is 12.6. The van der Waals surface area contributed by atoms with Gasteiger partial charge >= 0.3 is 5.69 Å². The van der Waals surface area contributed by atoms with Crippen molar-refractivity contribution < 1.29 is 9.47 Å². The molecule has 0 unspecified atom stereocenters. The first-order chi connectivity index (χ1) is 10.6. The lowest BCUT2D eigenvalue weighted by atomic mass is 10.2. The lowest BCUT2D eigenvalue weighted by molar-refractivity contribution is 0.394. The van der Waals surface area contributed by atoms with Gasteiger partial charge in [-0.15, -0.1) is 0 Å². The van der Waals surface area contributed by atoms with E-state index in [4.69, 9.17) is 9.47 Å². The Kier molecular flexibility index (Phi) is 3.42. The third kappa shape index (κ3) is 2.24. The third-order valence-corrected chi connectivity index (χ3v) is 3.40. The summed E-state index contributed by atoms with van der Waals surface area (Å²) >= 11 is 0. The van der Waals surface area contributed by atoms with Gasteiger partial charge in [-0.2, -0.15) is 0 Å². The Morgan fingerprint density at radius 3 is 2.23 bits per heavy atom. The number of hydrogen-bond donors (Lipinski definition) is 1. The van der Waals surface area contributed by atoms with E-state index in [-0.39, 0.29) is 0 Å². The number of fused-ring (bicyclic) bond motifs is 1. The monoisotopic (exact) mass is 298 g/mol. The number of aromatic nitrogens is 2. The Labute approximate surface area is 125 Å². The van der Waals surface area contributed by atoms with Crippen molar-refractivity contribution >= 4 is 10.9 Å². The van der Waals surface area contributed by atoms with Crippen LogP contribution >= 0.6 is 0 Å². The van der Waals surface area contributed by atoms with Gasteiger partial charge in [0.25, 0.3) is 5.56 Å². The first-order valence-corrected chi connectivity index (χ1v) is 6.61. The van der Waals surface area contributed by atoms with Crippen LogP contribution in [0.25, 0.3) is 16.6 Å². The molecule has 1 aromatic heterocycles. The Balaban J connectivity index is 2.35. The maximum Gasteiger partial charge on any atom is 0.333 e. The van der Waals surface area contributed by atoms with Crippen molar-refractivity contribution in [1.29, 1.82) is 0 Å². The number of hydrogen-bond acceptors (Lipinski definition) is 4. The van der Waals surface area contributed by atoms with E-state index in [1.807, 2.05) is 0 Å². The Hall–Kier alpha value is -3.02. The molecular weight excluding hydrogens is 284 g/mol. The van der Waals surface area contributed by atoms with Crippen molar-refractivity contribution in [1.82, 2.24) is 9.55 Å². The molecule has 0 aliphatic heterocycles. The van der Waals surface area contributed by atoms with Crippen molar-refractivity contribution in [2.75, 3.05) is 14.2 Å². The van der Waals surface area contributed by atoms with E-state index in [2.05, 4.69) is 4.98 Å². The molecule has 1 N–H and O–H groups in total. The van der Waals surface area contributed by atoms with E-state index in [0.717, 1.165) is 4.57 Å². The van der Waals surface area contributed by atoms with Gasteiger partial charge in [0.2, 0.25) is 0 Å². The van der Waals surface area contributed by atoms with Crippen molar-refractivity contribution in [2.45, 2.75) is 0 Å². The van der Waals surface area contributed by atoms with Crippen LogP contribution in [0.1, 0.15) is 0 Å². The van der Waals surface area contributed by atoms with E-state index < -0.39 is 11.2 Å². The maximum atomic E-state index is 12.6. The highest BCUT2D eigenvalue weighted by Gasteiger charge is 2.11. The predicted molar refractivity (Wildman–Crippen MR) is 83.3 cm³/mol. The molecule has 112 valence electrons. The fourth-order valence-corrected chi connectivity index (χ4v) is 2.32. The SMILES string of the molecule is COc1cc(OC)cc(-n2c(=O)[nH]c3ccccc3c2=O)c1. The number of ether oxygens (including phenoxy) is 2. The summed E-state index contributed by atoms with van der Waals surface area (Å²) in [5.41, 5.74) is -0.0227. The number of aromatic amines is 1. The zero-order valence-corrected chi connectivity index (χ0v) is 12.1. The number of para-hydroxylation sites is 1. The van der Waals surface area contributed by atoms with Gasteiger partial charge in [0, 0.05) is 18.2 Å². The molecule has 0 atom stereocenters. The summed E-state index contributed by atoms with van der Waals surface area (Å²) in [5.74, 6) is 0.989. The number of rotatable bonds is 3. The van der Waals surface area contributed by atoms with Crippen molar-refractivity contribution in [3.05, 3.63) is 63.3 Å². The smallest absolute Gasteiger partial charge is 0.333 e. The van der Waals surface area contributed by atoms with Gasteiger partial charge in [-0.25, -0.2) is 9.36 Å². The molecule has 0 saturated carbocycles. The van der Waals surface area contributed by atoms with Gasteiger partial charge in [0.15, 0.2) is 0 Å². The second-order valence-corrected chi connectivity index (χ2v) is 4.69. The second-order valence-electron chi connectivity index (χ2n) is 4.69. The fraction of sp³-hybridized carbons (Fsp3) is 0.125. The topological polar surface area (TPSA) is 73.3 Å². The molecule has 1 heterocycles. The summed E-state index contributed by atoms with van der Waals surface area (Å²) in [4.78, 5) is 27.6. The van der Waals surface area contributed by atoms with Crippen molar-refractivity contribution in [3.8, 4) is 17.2 Å². The van der Waals surface area contributed by atoms with Gasteiger partial charge in [0.1, 0.15) is 11.5 Å². The summed E-state index contributed by atoms with van der Waals surface area (Å²) in [6.45, 7) is 0. The molecule has 6 heteroatoms. The molecular formula is C16H14N2O4. The van der Waals surface area contributed by atoms with Crippen LogP contribution in [0, 0.1) is 0 Å². The van der Waals surface area contributed by atoms with Crippen molar-refractivity contribution in [2.24, 2.45) is 0 Å². The van der Waals surface area contributed by atoms with Crippen LogP contribution in [0.4, 0.5) is 0 Å². The first-order valence-electron chi connectivity index (χ1n) is 6.61. The lowest BCUT2D eigenvalue weighted by Gasteiger charge is -2.10. The lowest BCUT2D eigenvalue weighted by Crippen LogP contribution is -2.33. The summed E-state index contributed by atoms with van der Waals surface area (Å²) in [5, 5.41) is 0.434. The normalized spacial score (nSPS) is 10.6. The first kappa shape index (κ1) is 13.9. The average molecular weight is 298 g/mol. The molecule has 0 radical (unpaired) electrons. The number of nitrogens with one attached hydrogen (secondary N) is 1. The van der Waals surface area contributed by atoms with E-state index in [1.54, 1.807) is 42.5 Å². The van der Waals surface area contributed by atoms with Crippen LogP contribution in [-0.4, -0.2) is 23.8 Å². The summed E-state index contributed by atoms with van der Waals surface area (Å²) in [7, 11) is 3.01. The van der Waals surface area contributed by atoms with E-state index >= 15 is 0 Å². The van der Waals surface area contributed by atoms with E-state index in [1.165, 1.54) is 14.2 Å². The number of methoxy groups -OCH3 is 2. The number of H-pyrrole nitrogens is 1. The molecule has 0 spiro atoms. The van der Waals surface area contributed by atoms with Crippen LogP contribution in [-0.2, 0) is 0 Å². The van der Waals surface area contributed by atoms with Crippen LogP contribution in [0.5, 0.6) is 11.5 Å². The summed E-state index contributed by atoms with van der Waals surface area (Å²) in [6.07, 6.45) is 0. The minimum atomic E-state index is -0.515. The van der Waals surface area contributed by atoms with E-state index in [9.17, 15) is 9.59 Å². The molecule has 22 heavy (non-hydrogen) atoms. The highest BCUT2D eigenvalue weighted by Crippen LogP contribution is 2.23. The zero-order valence-electron chi connectivity index (χ0n) is 12.1. The Morgan fingerprint density at radius 1 is 0.955 bits per heavy atom. The van der Waals surface area contributed by atoms with Gasteiger partial charge in [-0.3, -0.25) is 4.79 Å². The molecule has 0 aliphatic carbocycles. The molecule has 6 nitrogen and oxygen atoms in total. The third-order valence-electron chi connectivity index (χ3n) is 3.40. The van der Waals surface area contributed by atoms with Gasteiger partial charge in [-0.05, 0) is 12.1 Å². The Bertz CT molecular complexity index is 934. The van der Waals surface area contributed by atoms with Gasteiger partial charge in [-0.1, -0.05) is 12.1 Å². The largest absolute Gasteiger partial charge is 0.497 e. The van der Waals surface area contributed by atoms with E-state index in [0.29, 0.717) is 28.1 Å². The standard InChI is InChI=1S/C16H14N2O4/c1-21-11-7-10(8-12(9-11)22-2)18-15(19)13-5-3-4-6-14(13)17-16(18)20/h3-9H,1-2H3,(H,17,20). The van der Waals surface area contributed by atoms with Gasteiger partial charge in [0.05, 0.1) is 30.8 Å². The molecule has 0 bridgehead atoms. The minimum Gasteiger partial charge on any atom is -0.497 e. The Morgan fingerprint density at radius 2 is 1.59 bits per heavy atom. The molecule has 0 saturated heterocycles. The number of nitrogens with zero attached hydrogens (tertiary/aromatic N) is 1. The van der Waals surface area contributed by atoms with Crippen LogP contribution in [0.2, 0.25) is 0 Å². The molecule has 0 fully saturated rings. The highest BCUT2D eigenvalue weighted by molar-refractivity contribution is 5.77. The summed E-state index contributed by atoms with van der Waals surface area (Å²) < 4.78 is 11.4. The quantitative estimate of drug-likeness (QED) is 0.798. The van der Waals surface area contributed by atoms with Crippen LogP contribution in [0.15, 0.2) is 52.1 Å². The van der Waals surface area contributed by atoms with Crippen molar-refractivity contribution in [3.63, 3.8) is 0 Å². The number of benzene rings is 2. The molecule has 0 aliphatic rings. The average Bonchev–Trinajstić information content (AvgIpc) is 2.54. The van der Waals surface area contributed by atoms with Crippen LogP contribution < -0.4 is 20.7 Å². The highest BCUT2D eigenvalue weighted by atomic mass is 16.5.